The van der Waals surface area contributed by atoms with Crippen LogP contribution in [-0.2, 0) is 0 Å². The van der Waals surface area contributed by atoms with Crippen LogP contribution >= 0.6 is 0 Å². The van der Waals surface area contributed by atoms with Crippen LogP contribution < -0.4 is 0 Å². The van der Waals surface area contributed by atoms with Crippen LogP contribution in [0.1, 0.15) is 11.4 Å². The van der Waals surface area contributed by atoms with Crippen LogP contribution in [0.2, 0.25) is 0 Å². The molecule has 3 rings (SSSR count). The molecule has 0 saturated heterocycles. The third-order valence-corrected chi connectivity index (χ3v) is 4.05. The van der Waals surface area contributed by atoms with Crippen LogP contribution in [0, 0.1) is 40.5 Å². The van der Waals surface area contributed by atoms with E-state index in [1.54, 1.807) is 12.1 Å². The zero-order valence-electron chi connectivity index (χ0n) is 16.2. The number of H-pyrrole nitrogens is 1. The summed E-state index contributed by atoms with van der Waals surface area (Å²) in [6.45, 7) is 0. The maximum Gasteiger partial charge on any atom is 0.278 e. The highest BCUT2D eigenvalue weighted by molar-refractivity contribution is 5.85. The van der Waals surface area contributed by atoms with Crippen molar-refractivity contribution in [3.05, 3.63) is 100 Å². The Hall–Kier alpha value is -5.34. The molecule has 15 heteroatoms. The summed E-state index contributed by atoms with van der Waals surface area (Å²) < 4.78 is 0. The average Bonchev–Trinajstić information content (AvgIpc) is 3.23. The molecule has 1 aromatic heterocycles. The lowest BCUT2D eigenvalue weighted by molar-refractivity contribution is -0.394. The van der Waals surface area contributed by atoms with Crippen molar-refractivity contribution in [2.24, 2.45) is 9.98 Å². The van der Waals surface area contributed by atoms with Crippen LogP contribution in [0.4, 0.5) is 34.1 Å². The number of nitrogens with one attached hydrogen (secondary N) is 1. The Morgan fingerprint density at radius 1 is 0.576 bits per heavy atom. The number of aliphatic imine (C=N–C) groups is 2. The van der Waals surface area contributed by atoms with Crippen molar-refractivity contribution in [3.8, 4) is 0 Å². The van der Waals surface area contributed by atoms with E-state index in [0.717, 1.165) is 36.4 Å². The van der Waals surface area contributed by atoms with Crippen molar-refractivity contribution in [1.82, 2.24) is 4.98 Å². The first-order valence-electron chi connectivity index (χ1n) is 8.77. The molecular weight excluding hydrogens is 442 g/mol. The first-order valence-corrected chi connectivity index (χ1v) is 8.77. The number of aromatic amines is 1. The van der Waals surface area contributed by atoms with E-state index >= 15 is 0 Å². The van der Waals surface area contributed by atoms with Gasteiger partial charge in [-0.25, -0.2) is 0 Å². The van der Waals surface area contributed by atoms with E-state index in [0.29, 0.717) is 11.4 Å². The Balaban J connectivity index is 1.82. The fraction of sp³-hybridized carbons (Fsp3) is 0. The molecule has 0 spiro atoms. The minimum absolute atomic E-state index is 0.00961. The lowest BCUT2D eigenvalue weighted by Gasteiger charge is -1.97. The quantitative estimate of drug-likeness (QED) is 0.296. The van der Waals surface area contributed by atoms with Gasteiger partial charge in [0.05, 0.1) is 67.0 Å². The standard InChI is InChI=1S/C18H11N7O8/c26-22(27)15-3-13(4-16(7-15)23(28)29)19-9-11-1-2-12(21-11)10-20-14-5-17(24(30)31)8-18(6-14)25(32)33/h1-10,21H. The number of rotatable bonds is 8. The van der Waals surface area contributed by atoms with Gasteiger partial charge in [-0.15, -0.1) is 0 Å². The summed E-state index contributed by atoms with van der Waals surface area (Å²) in [6, 6.07) is 9.06. The van der Waals surface area contributed by atoms with Crippen LogP contribution in [0.25, 0.3) is 0 Å². The minimum Gasteiger partial charge on any atom is -0.353 e. The molecule has 2 aromatic carbocycles. The summed E-state index contributed by atoms with van der Waals surface area (Å²) in [4.78, 5) is 51.6. The molecule has 166 valence electrons. The van der Waals surface area contributed by atoms with E-state index in [1.165, 1.54) is 12.4 Å². The smallest absolute Gasteiger partial charge is 0.278 e. The topological polar surface area (TPSA) is 213 Å². The van der Waals surface area contributed by atoms with Gasteiger partial charge in [0, 0.05) is 24.3 Å². The van der Waals surface area contributed by atoms with Crippen molar-refractivity contribution in [3.63, 3.8) is 0 Å². The number of non-ortho nitro benzene ring substituents is 4. The number of nitro groups is 4. The number of hydrogen-bond acceptors (Lipinski definition) is 10. The molecule has 33 heavy (non-hydrogen) atoms. The summed E-state index contributed by atoms with van der Waals surface area (Å²) >= 11 is 0. The van der Waals surface area contributed by atoms with Gasteiger partial charge in [0.2, 0.25) is 0 Å². The largest absolute Gasteiger partial charge is 0.353 e. The molecule has 0 saturated carbocycles. The first kappa shape index (κ1) is 22.3. The van der Waals surface area contributed by atoms with Crippen molar-refractivity contribution in [1.29, 1.82) is 0 Å². The highest BCUT2D eigenvalue weighted by atomic mass is 16.6. The van der Waals surface area contributed by atoms with Gasteiger partial charge in [-0.3, -0.25) is 50.4 Å². The monoisotopic (exact) mass is 453 g/mol. The number of nitrogens with zero attached hydrogens (tertiary/aromatic N) is 6. The van der Waals surface area contributed by atoms with E-state index in [2.05, 4.69) is 15.0 Å². The summed E-state index contributed by atoms with van der Waals surface area (Å²) in [5.41, 5.74) is -1.13. The zero-order chi connectivity index (χ0) is 24.1. The lowest BCUT2D eigenvalue weighted by atomic mass is 10.2. The highest BCUT2D eigenvalue weighted by Crippen LogP contribution is 2.28. The van der Waals surface area contributed by atoms with Gasteiger partial charge in [-0.05, 0) is 12.1 Å². The Morgan fingerprint density at radius 3 is 1.15 bits per heavy atom. The highest BCUT2D eigenvalue weighted by Gasteiger charge is 2.17. The number of aromatic nitrogens is 1. The van der Waals surface area contributed by atoms with Gasteiger partial charge in [-0.2, -0.15) is 0 Å². The summed E-state index contributed by atoms with van der Waals surface area (Å²) in [6.07, 6.45) is 2.55. The Morgan fingerprint density at radius 2 is 0.879 bits per heavy atom. The van der Waals surface area contributed by atoms with Crippen LogP contribution in [-0.4, -0.2) is 37.1 Å². The lowest BCUT2D eigenvalue weighted by Crippen LogP contribution is -1.92. The molecular formula is C18H11N7O8. The van der Waals surface area contributed by atoms with Crippen molar-refractivity contribution in [2.45, 2.75) is 0 Å². The third-order valence-electron chi connectivity index (χ3n) is 4.05. The second-order valence-electron chi connectivity index (χ2n) is 6.33. The molecule has 15 nitrogen and oxygen atoms in total. The van der Waals surface area contributed by atoms with Crippen molar-refractivity contribution < 1.29 is 19.7 Å². The van der Waals surface area contributed by atoms with Gasteiger partial charge in [0.15, 0.2) is 0 Å². The molecule has 3 aromatic rings. The number of hydrogen-bond donors (Lipinski definition) is 1. The van der Waals surface area contributed by atoms with Crippen LogP contribution in [0.15, 0.2) is 58.5 Å². The maximum absolute atomic E-state index is 10.9. The van der Waals surface area contributed by atoms with E-state index in [-0.39, 0.29) is 11.4 Å². The number of nitro benzene ring substituents is 4. The average molecular weight is 453 g/mol. The van der Waals surface area contributed by atoms with Gasteiger partial charge >= 0.3 is 0 Å². The second-order valence-corrected chi connectivity index (χ2v) is 6.33. The molecule has 1 N–H and O–H groups in total. The second kappa shape index (κ2) is 9.21. The Bertz CT molecular complexity index is 1180. The molecule has 0 bridgehead atoms. The molecule has 0 aliphatic carbocycles. The van der Waals surface area contributed by atoms with E-state index in [4.69, 9.17) is 0 Å². The molecule has 0 atom stereocenters. The Labute approximate surface area is 182 Å². The zero-order valence-corrected chi connectivity index (χ0v) is 16.2. The number of benzene rings is 2. The summed E-state index contributed by atoms with van der Waals surface area (Å²) in [5.74, 6) is 0. The van der Waals surface area contributed by atoms with Gasteiger partial charge in [0.1, 0.15) is 0 Å². The van der Waals surface area contributed by atoms with E-state index in [1.807, 2.05) is 0 Å². The van der Waals surface area contributed by atoms with E-state index < -0.39 is 42.4 Å². The van der Waals surface area contributed by atoms with Crippen molar-refractivity contribution >= 4 is 46.6 Å². The molecule has 1 heterocycles. The fourth-order valence-corrected chi connectivity index (χ4v) is 2.60. The predicted octanol–water partition coefficient (Wildman–Crippen LogP) is 4.15. The van der Waals surface area contributed by atoms with Crippen LogP contribution in [0.3, 0.4) is 0 Å². The van der Waals surface area contributed by atoms with Gasteiger partial charge in [0.25, 0.3) is 22.7 Å². The molecule has 0 aliphatic heterocycles. The maximum atomic E-state index is 10.9. The molecule has 0 aliphatic rings. The predicted molar refractivity (Wildman–Crippen MR) is 115 cm³/mol. The molecule has 0 fully saturated rings. The summed E-state index contributed by atoms with van der Waals surface area (Å²) in [5, 5.41) is 43.8. The Kier molecular flexibility index (Phi) is 6.24. The van der Waals surface area contributed by atoms with E-state index in [9.17, 15) is 40.5 Å². The molecule has 0 radical (unpaired) electrons. The molecule has 0 amide bonds. The third kappa shape index (κ3) is 5.63. The van der Waals surface area contributed by atoms with Crippen LogP contribution in [0.5, 0.6) is 0 Å². The van der Waals surface area contributed by atoms with Gasteiger partial charge in [-0.1, -0.05) is 0 Å². The molecule has 0 unspecified atom stereocenters. The minimum atomic E-state index is -0.770. The normalized spacial score (nSPS) is 11.2. The summed E-state index contributed by atoms with van der Waals surface area (Å²) in [7, 11) is 0. The first-order chi connectivity index (χ1) is 15.6. The fourth-order valence-electron chi connectivity index (χ4n) is 2.60. The van der Waals surface area contributed by atoms with Crippen molar-refractivity contribution in [2.75, 3.05) is 0 Å². The van der Waals surface area contributed by atoms with Gasteiger partial charge < -0.3 is 4.98 Å². The SMILES string of the molecule is O=[N+]([O-])c1cc(N=Cc2ccc(C=Nc3cc([N+](=O)[O-])cc([N+](=O)[O-])c3)[nH]2)cc([N+](=O)[O-])c1.